The highest BCUT2D eigenvalue weighted by Gasteiger charge is 2.24. The molecule has 3 rings (SSSR count). The van der Waals surface area contributed by atoms with Gasteiger partial charge in [-0.2, -0.15) is 0 Å². The van der Waals surface area contributed by atoms with E-state index in [1.54, 1.807) is 48.2 Å². The maximum atomic E-state index is 13.3. The summed E-state index contributed by atoms with van der Waals surface area (Å²) in [6, 6.07) is 25.2. The molecule has 0 fully saturated rings. The van der Waals surface area contributed by atoms with E-state index in [0.29, 0.717) is 22.5 Å². The number of ether oxygens (including phenoxy) is 1. The number of carbonyl (C=O) groups excluding carboxylic acids is 2. The first-order valence-corrected chi connectivity index (χ1v) is 8.43. The van der Waals surface area contributed by atoms with Gasteiger partial charge < -0.3 is 4.74 Å². The second kappa shape index (κ2) is 8.12. The number of benzene rings is 3. The Bertz CT molecular complexity index is 892. The zero-order valence-electron chi connectivity index (χ0n) is 14.5. The van der Waals surface area contributed by atoms with E-state index in [2.05, 4.69) is 0 Å². The molecule has 0 aliphatic heterocycles. The Kier molecular flexibility index (Phi) is 5.44. The zero-order chi connectivity index (χ0) is 18.4. The van der Waals surface area contributed by atoms with Gasteiger partial charge >= 0.3 is 5.97 Å². The first-order valence-electron chi connectivity index (χ1n) is 8.43. The molecule has 3 aromatic rings. The van der Waals surface area contributed by atoms with Crippen LogP contribution in [0.2, 0.25) is 0 Å². The number of hydrogen-bond acceptors (Lipinski definition) is 3. The lowest BCUT2D eigenvalue weighted by Crippen LogP contribution is -2.27. The number of carbonyl (C=O) groups is 2. The Hall–Kier alpha value is -3.40. The third-order valence-electron chi connectivity index (χ3n) is 3.88. The normalized spacial score (nSPS) is 10.2. The molecule has 0 bridgehead atoms. The Morgan fingerprint density at radius 1 is 0.808 bits per heavy atom. The Labute approximate surface area is 152 Å². The quantitative estimate of drug-likeness (QED) is 0.622. The molecule has 0 unspecified atom stereocenters. The van der Waals surface area contributed by atoms with E-state index >= 15 is 0 Å². The molecule has 130 valence electrons. The SMILES string of the molecule is CCOC(=O)c1ccccc1N(C(=O)c1ccccc1)c1ccccc1. The van der Waals surface area contributed by atoms with E-state index in [0.717, 1.165) is 0 Å². The summed E-state index contributed by atoms with van der Waals surface area (Å²) in [5.41, 5.74) is 2.06. The van der Waals surface area contributed by atoms with Crippen LogP contribution in [0.5, 0.6) is 0 Å². The molecule has 0 aliphatic rings. The van der Waals surface area contributed by atoms with Crippen molar-refractivity contribution < 1.29 is 14.3 Å². The van der Waals surface area contributed by atoms with Crippen molar-refractivity contribution in [1.29, 1.82) is 0 Å². The van der Waals surface area contributed by atoms with Gasteiger partial charge in [0.25, 0.3) is 5.91 Å². The van der Waals surface area contributed by atoms with Crippen molar-refractivity contribution >= 4 is 23.3 Å². The third kappa shape index (κ3) is 3.64. The second-order valence-corrected chi connectivity index (χ2v) is 5.58. The average molecular weight is 345 g/mol. The number of amides is 1. The van der Waals surface area contributed by atoms with Crippen molar-refractivity contribution in [2.75, 3.05) is 11.5 Å². The van der Waals surface area contributed by atoms with Crippen LogP contribution in [0.25, 0.3) is 0 Å². The summed E-state index contributed by atoms with van der Waals surface area (Å²) in [5.74, 6) is -0.668. The summed E-state index contributed by atoms with van der Waals surface area (Å²) in [4.78, 5) is 27.2. The van der Waals surface area contributed by atoms with Crippen LogP contribution in [-0.4, -0.2) is 18.5 Å². The van der Waals surface area contributed by atoms with Crippen molar-refractivity contribution in [2.24, 2.45) is 0 Å². The number of nitrogens with zero attached hydrogens (tertiary/aromatic N) is 1. The molecule has 0 heterocycles. The van der Waals surface area contributed by atoms with Crippen molar-refractivity contribution in [3.8, 4) is 0 Å². The molecule has 4 nitrogen and oxygen atoms in total. The first kappa shape index (κ1) is 17.4. The maximum Gasteiger partial charge on any atom is 0.340 e. The fourth-order valence-electron chi connectivity index (χ4n) is 2.70. The molecule has 1 amide bonds. The van der Waals surface area contributed by atoms with E-state index in [-0.39, 0.29) is 12.5 Å². The molecule has 0 aromatic heterocycles. The Balaban J connectivity index is 2.14. The minimum Gasteiger partial charge on any atom is -0.462 e. The number of anilines is 2. The van der Waals surface area contributed by atoms with Gasteiger partial charge in [-0.3, -0.25) is 9.69 Å². The van der Waals surface area contributed by atoms with E-state index in [1.807, 2.05) is 48.5 Å². The second-order valence-electron chi connectivity index (χ2n) is 5.58. The predicted molar refractivity (Wildman–Crippen MR) is 102 cm³/mol. The van der Waals surface area contributed by atoms with Crippen LogP contribution < -0.4 is 4.90 Å². The van der Waals surface area contributed by atoms with Crippen LogP contribution in [0.4, 0.5) is 11.4 Å². The molecular weight excluding hydrogens is 326 g/mol. The molecule has 4 heteroatoms. The lowest BCUT2D eigenvalue weighted by atomic mass is 10.1. The minimum atomic E-state index is -0.454. The van der Waals surface area contributed by atoms with Gasteiger partial charge in [-0.05, 0) is 43.3 Å². The summed E-state index contributed by atoms with van der Waals surface area (Å²) in [6.07, 6.45) is 0. The lowest BCUT2D eigenvalue weighted by molar-refractivity contribution is 0.0527. The van der Waals surface area contributed by atoms with Crippen LogP contribution in [-0.2, 0) is 4.74 Å². The van der Waals surface area contributed by atoms with Crippen molar-refractivity contribution in [3.63, 3.8) is 0 Å². The fraction of sp³-hybridized carbons (Fsp3) is 0.0909. The summed E-state index contributed by atoms with van der Waals surface area (Å²) in [6.45, 7) is 2.02. The molecule has 0 atom stereocenters. The van der Waals surface area contributed by atoms with Gasteiger partial charge in [-0.25, -0.2) is 4.79 Å². The zero-order valence-corrected chi connectivity index (χ0v) is 14.5. The average Bonchev–Trinajstić information content (AvgIpc) is 2.70. The van der Waals surface area contributed by atoms with E-state index in [4.69, 9.17) is 4.74 Å². The molecule has 0 saturated carbocycles. The largest absolute Gasteiger partial charge is 0.462 e. The highest BCUT2D eigenvalue weighted by atomic mass is 16.5. The molecule has 0 saturated heterocycles. The highest BCUT2D eigenvalue weighted by Crippen LogP contribution is 2.31. The van der Waals surface area contributed by atoms with Gasteiger partial charge in [-0.15, -0.1) is 0 Å². The molecule has 26 heavy (non-hydrogen) atoms. The van der Waals surface area contributed by atoms with Crippen LogP contribution in [0.3, 0.4) is 0 Å². The van der Waals surface area contributed by atoms with Crippen LogP contribution in [0.15, 0.2) is 84.9 Å². The smallest absolute Gasteiger partial charge is 0.340 e. The van der Waals surface area contributed by atoms with Crippen LogP contribution >= 0.6 is 0 Å². The van der Waals surface area contributed by atoms with Crippen molar-refractivity contribution in [2.45, 2.75) is 6.92 Å². The van der Waals surface area contributed by atoms with Gasteiger partial charge in [0.2, 0.25) is 0 Å². The standard InChI is InChI=1S/C22H19NO3/c1-2-26-22(25)19-15-9-10-16-20(19)23(18-13-7-4-8-14-18)21(24)17-11-5-3-6-12-17/h3-16H,2H2,1H3. The number of hydrogen-bond donors (Lipinski definition) is 0. The Morgan fingerprint density at radius 3 is 2.04 bits per heavy atom. The maximum absolute atomic E-state index is 13.3. The van der Waals surface area contributed by atoms with Gasteiger partial charge in [0.05, 0.1) is 17.9 Å². The predicted octanol–water partition coefficient (Wildman–Crippen LogP) is 4.84. The monoisotopic (exact) mass is 345 g/mol. The summed E-state index contributed by atoms with van der Waals surface area (Å²) < 4.78 is 5.16. The van der Waals surface area contributed by atoms with E-state index in [9.17, 15) is 9.59 Å². The minimum absolute atomic E-state index is 0.214. The first-order chi connectivity index (χ1) is 12.7. The van der Waals surface area contributed by atoms with Crippen LogP contribution in [0, 0.1) is 0 Å². The number of esters is 1. The molecule has 0 aliphatic carbocycles. The summed E-state index contributed by atoms with van der Waals surface area (Å²) in [7, 11) is 0. The van der Waals surface area contributed by atoms with Crippen molar-refractivity contribution in [3.05, 3.63) is 96.1 Å². The Morgan fingerprint density at radius 2 is 1.38 bits per heavy atom. The van der Waals surface area contributed by atoms with E-state index in [1.165, 1.54) is 0 Å². The fourth-order valence-corrected chi connectivity index (χ4v) is 2.70. The number of rotatable bonds is 5. The lowest BCUT2D eigenvalue weighted by Gasteiger charge is -2.25. The van der Waals surface area contributed by atoms with Gasteiger partial charge in [0.1, 0.15) is 0 Å². The van der Waals surface area contributed by atoms with Gasteiger partial charge in [-0.1, -0.05) is 48.5 Å². The van der Waals surface area contributed by atoms with E-state index < -0.39 is 5.97 Å². The van der Waals surface area contributed by atoms with Gasteiger partial charge in [0.15, 0.2) is 0 Å². The molecule has 3 aromatic carbocycles. The summed E-state index contributed by atoms with van der Waals surface area (Å²) >= 11 is 0. The molecule has 0 radical (unpaired) electrons. The molecule has 0 spiro atoms. The summed E-state index contributed by atoms with van der Waals surface area (Å²) in [5, 5.41) is 0. The van der Waals surface area contributed by atoms with Crippen molar-refractivity contribution in [1.82, 2.24) is 0 Å². The van der Waals surface area contributed by atoms with Crippen LogP contribution in [0.1, 0.15) is 27.6 Å². The topological polar surface area (TPSA) is 46.6 Å². The number of para-hydroxylation sites is 2. The molecular formula is C22H19NO3. The van der Waals surface area contributed by atoms with Gasteiger partial charge in [0, 0.05) is 11.3 Å². The highest BCUT2D eigenvalue weighted by molar-refractivity contribution is 6.13. The third-order valence-corrected chi connectivity index (χ3v) is 3.88. The molecule has 0 N–H and O–H groups in total.